The van der Waals surface area contributed by atoms with Gasteiger partial charge in [-0.3, -0.25) is 9.10 Å². The summed E-state index contributed by atoms with van der Waals surface area (Å²) in [6.07, 6.45) is 0. The molecule has 124 valence electrons. The molecule has 0 N–H and O–H groups in total. The molecule has 0 radical (unpaired) electrons. The predicted molar refractivity (Wildman–Crippen MR) is 89.7 cm³/mol. The van der Waals surface area contributed by atoms with Gasteiger partial charge in [-0.25, -0.2) is 8.42 Å². The normalized spacial score (nSPS) is 12.0. The van der Waals surface area contributed by atoms with E-state index in [0.29, 0.717) is 11.3 Å². The molecule has 0 heterocycles. The van der Waals surface area contributed by atoms with Gasteiger partial charge in [-0.05, 0) is 29.8 Å². The lowest BCUT2D eigenvalue weighted by atomic mass is 10.1. The Balaban J connectivity index is 2.50. The number of para-hydroxylation sites is 1. The zero-order valence-electron chi connectivity index (χ0n) is 13.2. The monoisotopic (exact) mass is 344 g/mol. The Labute approximate surface area is 141 Å². The minimum atomic E-state index is -4.06. The van der Waals surface area contributed by atoms with E-state index in [1.165, 1.54) is 31.3 Å². The number of methoxy groups -OCH3 is 1. The first-order valence-corrected chi connectivity index (χ1v) is 8.53. The van der Waals surface area contributed by atoms with E-state index >= 15 is 0 Å². The highest BCUT2D eigenvalue weighted by Crippen LogP contribution is 2.29. The molecule has 0 bridgehead atoms. The number of nitrogens with zero attached hydrogens (tertiary/aromatic N) is 2. The Hall–Kier alpha value is -2.85. The lowest BCUT2D eigenvalue weighted by Crippen LogP contribution is -2.35. The van der Waals surface area contributed by atoms with Crippen molar-refractivity contribution in [1.82, 2.24) is 0 Å². The Bertz CT molecular complexity index is 856. The standard InChI is InChI=1S/C17H16N2O4S/c1-19(15-6-4-3-5-7-15)24(21,22)16(17(20)23-2)14-10-8-13(12-18)9-11-14/h3-11,16H,1-2H3. The lowest BCUT2D eigenvalue weighted by molar-refractivity contribution is -0.140. The third-order valence-corrected chi connectivity index (χ3v) is 5.59. The smallest absolute Gasteiger partial charge is 0.330 e. The van der Waals surface area contributed by atoms with E-state index < -0.39 is 21.2 Å². The van der Waals surface area contributed by atoms with Crippen molar-refractivity contribution >= 4 is 21.7 Å². The van der Waals surface area contributed by atoms with Gasteiger partial charge in [0.25, 0.3) is 10.0 Å². The van der Waals surface area contributed by atoms with Crippen molar-refractivity contribution < 1.29 is 17.9 Å². The molecule has 2 aromatic carbocycles. The number of hydrogen-bond donors (Lipinski definition) is 0. The molecule has 0 aliphatic rings. The molecule has 0 fully saturated rings. The lowest BCUT2D eigenvalue weighted by Gasteiger charge is -2.24. The van der Waals surface area contributed by atoms with Crippen molar-refractivity contribution in [2.45, 2.75) is 5.25 Å². The molecule has 6 nitrogen and oxygen atoms in total. The van der Waals surface area contributed by atoms with Crippen LogP contribution in [0.4, 0.5) is 5.69 Å². The van der Waals surface area contributed by atoms with Crippen molar-refractivity contribution in [3.63, 3.8) is 0 Å². The van der Waals surface area contributed by atoms with Crippen LogP contribution in [-0.2, 0) is 19.6 Å². The zero-order valence-corrected chi connectivity index (χ0v) is 14.0. The molecule has 1 unspecified atom stereocenters. The number of nitriles is 1. The van der Waals surface area contributed by atoms with Crippen LogP contribution < -0.4 is 4.31 Å². The molecule has 24 heavy (non-hydrogen) atoms. The van der Waals surface area contributed by atoms with Gasteiger partial charge in [0.1, 0.15) is 0 Å². The Morgan fingerprint density at radius 2 is 1.71 bits per heavy atom. The third-order valence-electron chi connectivity index (χ3n) is 3.56. The quantitative estimate of drug-likeness (QED) is 0.776. The molecule has 2 rings (SSSR count). The Morgan fingerprint density at radius 1 is 1.12 bits per heavy atom. The summed E-state index contributed by atoms with van der Waals surface area (Å²) in [5, 5.41) is 7.34. The van der Waals surface area contributed by atoms with Gasteiger partial charge in [0, 0.05) is 7.05 Å². The van der Waals surface area contributed by atoms with Crippen LogP contribution in [-0.4, -0.2) is 28.5 Å². The maximum atomic E-state index is 12.9. The van der Waals surface area contributed by atoms with Crippen molar-refractivity contribution in [3.05, 3.63) is 65.7 Å². The van der Waals surface area contributed by atoms with Gasteiger partial charge in [-0.15, -0.1) is 0 Å². The number of anilines is 1. The molecule has 0 amide bonds. The summed E-state index contributed by atoms with van der Waals surface area (Å²) in [5.74, 6) is -0.887. The second-order valence-corrected chi connectivity index (χ2v) is 7.03. The van der Waals surface area contributed by atoms with Gasteiger partial charge in [0.15, 0.2) is 0 Å². The maximum absolute atomic E-state index is 12.9. The number of carbonyl (C=O) groups excluding carboxylic acids is 1. The number of hydrogen-bond acceptors (Lipinski definition) is 5. The van der Waals surface area contributed by atoms with Crippen LogP contribution in [0.3, 0.4) is 0 Å². The van der Waals surface area contributed by atoms with E-state index in [1.807, 2.05) is 6.07 Å². The molecule has 0 aliphatic heterocycles. The van der Waals surface area contributed by atoms with Crippen LogP contribution in [0.2, 0.25) is 0 Å². The van der Waals surface area contributed by atoms with Gasteiger partial charge >= 0.3 is 5.97 Å². The highest BCUT2D eigenvalue weighted by molar-refractivity contribution is 7.93. The number of benzene rings is 2. The van der Waals surface area contributed by atoms with Crippen LogP contribution in [0.25, 0.3) is 0 Å². The molecule has 0 saturated carbocycles. The van der Waals surface area contributed by atoms with Crippen molar-refractivity contribution in [2.24, 2.45) is 0 Å². The molecular formula is C17H16N2O4S. The number of esters is 1. The van der Waals surface area contributed by atoms with E-state index in [0.717, 1.165) is 11.4 Å². The fourth-order valence-electron chi connectivity index (χ4n) is 2.21. The average molecular weight is 344 g/mol. The van der Waals surface area contributed by atoms with Gasteiger partial charge in [-0.2, -0.15) is 5.26 Å². The van der Waals surface area contributed by atoms with Gasteiger partial charge in [-0.1, -0.05) is 30.3 Å². The molecule has 0 saturated heterocycles. The van der Waals surface area contributed by atoms with Crippen LogP contribution in [0.1, 0.15) is 16.4 Å². The maximum Gasteiger partial charge on any atom is 0.330 e. The van der Waals surface area contributed by atoms with E-state index in [9.17, 15) is 13.2 Å². The van der Waals surface area contributed by atoms with Crippen molar-refractivity contribution in [2.75, 3.05) is 18.5 Å². The molecule has 0 aromatic heterocycles. The summed E-state index contributed by atoms with van der Waals surface area (Å²) in [4.78, 5) is 12.2. The highest BCUT2D eigenvalue weighted by Gasteiger charge is 2.38. The number of sulfonamides is 1. The van der Waals surface area contributed by atoms with Crippen LogP contribution in [0, 0.1) is 11.3 Å². The Morgan fingerprint density at radius 3 is 2.21 bits per heavy atom. The number of ether oxygens (including phenoxy) is 1. The van der Waals surface area contributed by atoms with Gasteiger partial charge in [0.2, 0.25) is 5.25 Å². The summed E-state index contributed by atoms with van der Waals surface area (Å²) >= 11 is 0. The Kier molecular flexibility index (Phi) is 5.21. The first-order valence-electron chi connectivity index (χ1n) is 7.02. The molecule has 7 heteroatoms. The number of rotatable bonds is 5. The van der Waals surface area contributed by atoms with E-state index in [1.54, 1.807) is 30.3 Å². The minimum Gasteiger partial charge on any atom is -0.468 e. The first kappa shape index (κ1) is 17.5. The van der Waals surface area contributed by atoms with Crippen molar-refractivity contribution in [1.29, 1.82) is 5.26 Å². The molecule has 2 aromatic rings. The summed E-state index contributed by atoms with van der Waals surface area (Å²) < 4.78 is 31.6. The highest BCUT2D eigenvalue weighted by atomic mass is 32.2. The van der Waals surface area contributed by atoms with Crippen LogP contribution in [0.15, 0.2) is 54.6 Å². The van der Waals surface area contributed by atoms with Crippen LogP contribution in [0.5, 0.6) is 0 Å². The third kappa shape index (κ3) is 3.39. The average Bonchev–Trinajstić information content (AvgIpc) is 2.62. The van der Waals surface area contributed by atoms with E-state index in [2.05, 4.69) is 4.74 Å². The van der Waals surface area contributed by atoms with Gasteiger partial charge in [0.05, 0.1) is 24.4 Å². The first-order chi connectivity index (χ1) is 11.4. The molecule has 0 aliphatic carbocycles. The fraction of sp³-hybridized carbons (Fsp3) is 0.176. The largest absolute Gasteiger partial charge is 0.468 e. The van der Waals surface area contributed by atoms with Crippen molar-refractivity contribution in [3.8, 4) is 6.07 Å². The summed E-state index contributed by atoms with van der Waals surface area (Å²) in [6.45, 7) is 0. The zero-order chi connectivity index (χ0) is 17.7. The summed E-state index contributed by atoms with van der Waals surface area (Å²) in [7, 11) is -1.55. The number of carbonyl (C=O) groups is 1. The topological polar surface area (TPSA) is 87.5 Å². The summed E-state index contributed by atoms with van der Waals surface area (Å²) in [6, 6.07) is 16.2. The van der Waals surface area contributed by atoms with Crippen LogP contribution >= 0.6 is 0 Å². The second kappa shape index (κ2) is 7.15. The predicted octanol–water partition coefficient (Wildman–Crippen LogP) is 2.24. The SMILES string of the molecule is COC(=O)C(c1ccc(C#N)cc1)S(=O)(=O)N(C)c1ccccc1. The van der Waals surface area contributed by atoms with E-state index in [-0.39, 0.29) is 5.56 Å². The molecule has 0 spiro atoms. The van der Waals surface area contributed by atoms with Gasteiger partial charge < -0.3 is 4.74 Å². The minimum absolute atomic E-state index is 0.239. The molecule has 1 atom stereocenters. The summed E-state index contributed by atoms with van der Waals surface area (Å²) in [5.41, 5.74) is 1.04. The second-order valence-electron chi connectivity index (χ2n) is 4.99. The van der Waals surface area contributed by atoms with E-state index in [4.69, 9.17) is 5.26 Å². The fourth-order valence-corrected chi connectivity index (χ4v) is 3.78. The molecular weight excluding hydrogens is 328 g/mol.